The summed E-state index contributed by atoms with van der Waals surface area (Å²) >= 11 is 0. The Morgan fingerprint density at radius 2 is 1.38 bits per heavy atom. The quantitative estimate of drug-likeness (QED) is 0.498. The molecule has 0 N–H and O–H groups in total. The topological polar surface area (TPSA) is 0 Å². The Balaban J connectivity index is 5.23. The van der Waals surface area contributed by atoms with Crippen LogP contribution in [-0.4, -0.2) is 0 Å². The maximum Gasteiger partial charge on any atom is -0.00657 e. The Labute approximate surface area is 104 Å². The average molecular weight is 224 g/mol. The normalized spacial score (nSPS) is 17.0. The van der Waals surface area contributed by atoms with Gasteiger partial charge < -0.3 is 0 Å². The van der Waals surface area contributed by atoms with E-state index in [1.165, 1.54) is 24.8 Å². The van der Waals surface area contributed by atoms with E-state index < -0.39 is 0 Å². The Morgan fingerprint density at radius 1 is 0.938 bits per heavy atom. The highest BCUT2D eigenvalue weighted by molar-refractivity contribution is 5.12. The minimum Gasteiger partial charge on any atom is -0.0996 e. The van der Waals surface area contributed by atoms with Crippen LogP contribution in [0.15, 0.2) is 12.2 Å². The third kappa shape index (κ3) is 3.12. The van der Waals surface area contributed by atoms with Gasteiger partial charge in [-0.3, -0.25) is 0 Å². The molecule has 0 aliphatic rings. The lowest BCUT2D eigenvalue weighted by Gasteiger charge is -2.49. The Morgan fingerprint density at radius 3 is 1.62 bits per heavy atom. The van der Waals surface area contributed by atoms with Gasteiger partial charge in [0.1, 0.15) is 0 Å². The van der Waals surface area contributed by atoms with E-state index in [2.05, 4.69) is 62.0 Å². The van der Waals surface area contributed by atoms with E-state index in [0.29, 0.717) is 10.8 Å². The summed E-state index contributed by atoms with van der Waals surface area (Å²) in [6, 6.07) is 0. The lowest BCUT2D eigenvalue weighted by atomic mass is 9.56. The lowest BCUT2D eigenvalue weighted by Crippen LogP contribution is -2.39. The monoisotopic (exact) mass is 224 g/mol. The van der Waals surface area contributed by atoms with Crippen molar-refractivity contribution in [2.24, 2.45) is 16.2 Å². The number of allylic oxidation sites excluding steroid dienone is 1. The summed E-state index contributed by atoms with van der Waals surface area (Å²) in [5, 5.41) is 0. The molecule has 0 heteroatoms. The van der Waals surface area contributed by atoms with Gasteiger partial charge in [-0.15, -0.1) is 0 Å². The average Bonchev–Trinajstić information content (AvgIpc) is 2.16. The highest BCUT2D eigenvalue weighted by Crippen LogP contribution is 2.53. The number of hydrogen-bond donors (Lipinski definition) is 0. The minimum absolute atomic E-state index is 0.237. The number of rotatable bonds is 6. The molecule has 0 saturated heterocycles. The van der Waals surface area contributed by atoms with Gasteiger partial charge in [0.25, 0.3) is 0 Å². The molecule has 0 rings (SSSR count). The SMILES string of the molecule is C=C(C)C(C)(CC(C)(C)CC)C(C)(C)CC. The minimum atomic E-state index is 0.237. The van der Waals surface area contributed by atoms with Gasteiger partial charge in [-0.1, -0.05) is 73.5 Å². The predicted octanol–water partition coefficient (Wildman–Crippen LogP) is 5.83. The molecule has 0 nitrogen and oxygen atoms in total. The lowest BCUT2D eigenvalue weighted by molar-refractivity contribution is 0.0645. The molecular formula is C16H32. The molecule has 0 aromatic heterocycles. The van der Waals surface area contributed by atoms with E-state index in [4.69, 9.17) is 0 Å². The maximum absolute atomic E-state index is 4.26. The smallest absolute Gasteiger partial charge is 0.00657 e. The molecule has 0 aliphatic carbocycles. The van der Waals surface area contributed by atoms with Crippen LogP contribution >= 0.6 is 0 Å². The van der Waals surface area contributed by atoms with Crippen molar-refractivity contribution in [3.8, 4) is 0 Å². The van der Waals surface area contributed by atoms with Crippen LogP contribution in [0.25, 0.3) is 0 Å². The Bertz CT molecular complexity index is 245. The molecule has 0 aliphatic heterocycles. The van der Waals surface area contributed by atoms with Crippen LogP contribution < -0.4 is 0 Å². The van der Waals surface area contributed by atoms with Crippen molar-refractivity contribution in [1.29, 1.82) is 0 Å². The standard InChI is InChI=1S/C16H32/c1-10-14(5,6)12-16(9,13(3)4)15(7,8)11-2/h3,10-12H2,1-2,4-9H3. The second-order valence-electron chi connectivity index (χ2n) is 7.04. The van der Waals surface area contributed by atoms with Crippen LogP contribution in [-0.2, 0) is 0 Å². The fraction of sp³-hybridized carbons (Fsp3) is 0.875. The van der Waals surface area contributed by atoms with Gasteiger partial charge in [0, 0.05) is 0 Å². The van der Waals surface area contributed by atoms with Gasteiger partial charge >= 0.3 is 0 Å². The van der Waals surface area contributed by atoms with E-state index in [0.717, 1.165) is 0 Å². The molecule has 96 valence electrons. The summed E-state index contributed by atoms with van der Waals surface area (Å²) < 4.78 is 0. The van der Waals surface area contributed by atoms with Gasteiger partial charge in [0.2, 0.25) is 0 Å². The zero-order valence-electron chi connectivity index (χ0n) is 12.8. The molecule has 1 atom stereocenters. The van der Waals surface area contributed by atoms with E-state index >= 15 is 0 Å². The highest BCUT2D eigenvalue weighted by Gasteiger charge is 2.43. The van der Waals surface area contributed by atoms with Crippen molar-refractivity contribution < 1.29 is 0 Å². The zero-order chi connectivity index (χ0) is 13.2. The van der Waals surface area contributed by atoms with Crippen molar-refractivity contribution in [1.82, 2.24) is 0 Å². The second-order valence-corrected chi connectivity index (χ2v) is 7.04. The van der Waals surface area contributed by atoms with Crippen LogP contribution in [0.4, 0.5) is 0 Å². The molecule has 0 heterocycles. The molecule has 0 amide bonds. The first kappa shape index (κ1) is 15.7. The number of hydrogen-bond acceptors (Lipinski definition) is 0. The van der Waals surface area contributed by atoms with Gasteiger partial charge in [-0.25, -0.2) is 0 Å². The van der Waals surface area contributed by atoms with E-state index in [-0.39, 0.29) is 5.41 Å². The van der Waals surface area contributed by atoms with Crippen molar-refractivity contribution in [2.75, 3.05) is 0 Å². The van der Waals surface area contributed by atoms with Gasteiger partial charge in [0.05, 0.1) is 0 Å². The first-order chi connectivity index (χ1) is 7.02. The first-order valence-corrected chi connectivity index (χ1v) is 6.68. The molecule has 16 heavy (non-hydrogen) atoms. The van der Waals surface area contributed by atoms with Gasteiger partial charge in [-0.2, -0.15) is 0 Å². The van der Waals surface area contributed by atoms with Crippen molar-refractivity contribution in [3.05, 3.63) is 12.2 Å². The largest absolute Gasteiger partial charge is 0.0996 e. The summed E-state index contributed by atoms with van der Waals surface area (Å²) in [6.07, 6.45) is 3.67. The molecule has 0 aromatic rings. The summed E-state index contributed by atoms with van der Waals surface area (Å²) in [5.74, 6) is 0. The van der Waals surface area contributed by atoms with E-state index in [1.807, 2.05) is 0 Å². The molecule has 0 aromatic carbocycles. The fourth-order valence-electron chi connectivity index (χ4n) is 2.44. The fourth-order valence-corrected chi connectivity index (χ4v) is 2.44. The second kappa shape index (κ2) is 4.94. The first-order valence-electron chi connectivity index (χ1n) is 6.68. The van der Waals surface area contributed by atoms with Crippen LogP contribution in [0, 0.1) is 16.2 Å². The van der Waals surface area contributed by atoms with Crippen LogP contribution in [0.3, 0.4) is 0 Å². The maximum atomic E-state index is 4.26. The van der Waals surface area contributed by atoms with Crippen molar-refractivity contribution >= 4 is 0 Å². The summed E-state index contributed by atoms with van der Waals surface area (Å²) in [5.41, 5.74) is 2.30. The van der Waals surface area contributed by atoms with Gasteiger partial charge in [0.15, 0.2) is 0 Å². The molecule has 0 spiro atoms. The van der Waals surface area contributed by atoms with Crippen molar-refractivity contribution in [2.45, 2.75) is 74.7 Å². The molecule has 1 unspecified atom stereocenters. The zero-order valence-corrected chi connectivity index (χ0v) is 12.8. The molecule has 0 radical (unpaired) electrons. The van der Waals surface area contributed by atoms with Crippen LogP contribution in [0.2, 0.25) is 0 Å². The Hall–Kier alpha value is -0.260. The summed E-state index contributed by atoms with van der Waals surface area (Å²) in [7, 11) is 0. The third-order valence-electron chi connectivity index (χ3n) is 5.11. The summed E-state index contributed by atoms with van der Waals surface area (Å²) in [4.78, 5) is 0. The summed E-state index contributed by atoms with van der Waals surface area (Å²) in [6.45, 7) is 23.0. The van der Waals surface area contributed by atoms with Crippen molar-refractivity contribution in [3.63, 3.8) is 0 Å². The molecule has 0 bridgehead atoms. The molecule has 0 saturated carbocycles. The van der Waals surface area contributed by atoms with Gasteiger partial charge in [-0.05, 0) is 29.6 Å². The van der Waals surface area contributed by atoms with Crippen LogP contribution in [0.5, 0.6) is 0 Å². The predicted molar refractivity (Wildman–Crippen MR) is 75.7 cm³/mol. The third-order valence-corrected chi connectivity index (χ3v) is 5.11. The molecular weight excluding hydrogens is 192 g/mol. The Kier molecular flexibility index (Phi) is 4.86. The van der Waals surface area contributed by atoms with Crippen LogP contribution in [0.1, 0.15) is 74.7 Å². The van der Waals surface area contributed by atoms with E-state index in [1.54, 1.807) is 0 Å². The molecule has 0 fully saturated rings. The van der Waals surface area contributed by atoms with E-state index in [9.17, 15) is 0 Å². The highest BCUT2D eigenvalue weighted by atomic mass is 14.5.